The van der Waals surface area contributed by atoms with Crippen molar-refractivity contribution in [3.8, 4) is 0 Å². The number of amides is 2. The molecule has 1 heterocycles. The van der Waals surface area contributed by atoms with Gasteiger partial charge in [-0.15, -0.1) is 0 Å². The minimum Gasteiger partial charge on any atom is -0.359 e. The first-order chi connectivity index (χ1) is 9.04. The van der Waals surface area contributed by atoms with E-state index >= 15 is 0 Å². The second-order valence-electron chi connectivity index (χ2n) is 4.78. The molecule has 2 rings (SSSR count). The first-order valence-corrected chi connectivity index (χ1v) is 6.68. The molecule has 0 spiro atoms. The van der Waals surface area contributed by atoms with E-state index < -0.39 is 0 Å². The average molecular weight is 281 g/mol. The molecule has 0 saturated carbocycles. The van der Waals surface area contributed by atoms with Gasteiger partial charge in [-0.2, -0.15) is 0 Å². The standard InChI is InChI=1S/C14H17ClN2O2/c1-9-4-3-5-11(15)12(9)14(19)17-7-6-10(8-17)13(18)16-2/h3-5,10H,6-8H2,1-2H3,(H,16,18)/t10-/m1/s1. The molecule has 0 aliphatic carbocycles. The summed E-state index contributed by atoms with van der Waals surface area (Å²) in [5.41, 5.74) is 1.41. The molecule has 1 saturated heterocycles. The highest BCUT2D eigenvalue weighted by Crippen LogP contribution is 2.25. The summed E-state index contributed by atoms with van der Waals surface area (Å²) in [5.74, 6) is -0.211. The Labute approximate surface area is 117 Å². The Hall–Kier alpha value is -1.55. The zero-order chi connectivity index (χ0) is 14.0. The molecule has 1 aliphatic heterocycles. The minimum atomic E-state index is -0.114. The third-order valence-electron chi connectivity index (χ3n) is 3.53. The van der Waals surface area contributed by atoms with Gasteiger partial charge in [-0.05, 0) is 25.0 Å². The number of likely N-dealkylation sites (tertiary alicyclic amines) is 1. The Kier molecular flexibility index (Phi) is 4.10. The summed E-state index contributed by atoms with van der Waals surface area (Å²) in [4.78, 5) is 25.7. The number of carbonyl (C=O) groups is 2. The van der Waals surface area contributed by atoms with Crippen LogP contribution in [-0.4, -0.2) is 36.9 Å². The fraction of sp³-hybridized carbons (Fsp3) is 0.429. The highest BCUT2D eigenvalue weighted by Gasteiger charge is 2.32. The number of aryl methyl sites for hydroxylation is 1. The number of nitrogens with zero attached hydrogens (tertiary/aromatic N) is 1. The summed E-state index contributed by atoms with van der Waals surface area (Å²) in [6, 6.07) is 5.41. The quantitative estimate of drug-likeness (QED) is 0.899. The lowest BCUT2D eigenvalue weighted by atomic mass is 10.1. The minimum absolute atomic E-state index is 0.00817. The van der Waals surface area contributed by atoms with Crippen molar-refractivity contribution in [3.63, 3.8) is 0 Å². The molecule has 0 aromatic heterocycles. The highest BCUT2D eigenvalue weighted by molar-refractivity contribution is 6.34. The summed E-state index contributed by atoms with van der Waals surface area (Å²) in [6.45, 7) is 2.93. The van der Waals surface area contributed by atoms with E-state index in [2.05, 4.69) is 5.32 Å². The number of rotatable bonds is 2. The van der Waals surface area contributed by atoms with Crippen molar-refractivity contribution in [2.75, 3.05) is 20.1 Å². The van der Waals surface area contributed by atoms with Gasteiger partial charge in [0, 0.05) is 20.1 Å². The van der Waals surface area contributed by atoms with Crippen LogP contribution in [0.1, 0.15) is 22.3 Å². The molecule has 5 heteroatoms. The summed E-state index contributed by atoms with van der Waals surface area (Å²) < 4.78 is 0. The normalized spacial score (nSPS) is 18.5. The summed E-state index contributed by atoms with van der Waals surface area (Å²) >= 11 is 6.10. The lowest BCUT2D eigenvalue weighted by molar-refractivity contribution is -0.124. The first kappa shape index (κ1) is 13.9. The molecule has 0 unspecified atom stereocenters. The second-order valence-corrected chi connectivity index (χ2v) is 5.19. The van der Waals surface area contributed by atoms with Gasteiger partial charge >= 0.3 is 0 Å². The molecule has 0 bridgehead atoms. The Balaban J connectivity index is 2.16. The topological polar surface area (TPSA) is 49.4 Å². The average Bonchev–Trinajstić information content (AvgIpc) is 2.87. The molecule has 1 fully saturated rings. The smallest absolute Gasteiger partial charge is 0.255 e. The van der Waals surface area contributed by atoms with E-state index in [1.165, 1.54) is 0 Å². The zero-order valence-corrected chi connectivity index (χ0v) is 11.8. The first-order valence-electron chi connectivity index (χ1n) is 6.30. The van der Waals surface area contributed by atoms with Gasteiger partial charge in [0.25, 0.3) is 5.91 Å². The number of hydrogen-bond donors (Lipinski definition) is 1. The molecule has 0 radical (unpaired) electrons. The van der Waals surface area contributed by atoms with Crippen molar-refractivity contribution in [2.45, 2.75) is 13.3 Å². The Morgan fingerprint density at radius 1 is 1.42 bits per heavy atom. The van der Waals surface area contributed by atoms with Crippen LogP contribution in [0.25, 0.3) is 0 Å². The van der Waals surface area contributed by atoms with Crippen molar-refractivity contribution < 1.29 is 9.59 Å². The van der Waals surface area contributed by atoms with Crippen LogP contribution in [0.2, 0.25) is 5.02 Å². The fourth-order valence-corrected chi connectivity index (χ4v) is 2.73. The highest BCUT2D eigenvalue weighted by atomic mass is 35.5. The van der Waals surface area contributed by atoms with Gasteiger partial charge in [0.15, 0.2) is 0 Å². The summed E-state index contributed by atoms with van der Waals surface area (Å²) in [6.07, 6.45) is 0.703. The van der Waals surface area contributed by atoms with Crippen molar-refractivity contribution in [1.29, 1.82) is 0 Å². The Bertz CT molecular complexity index is 496. The van der Waals surface area contributed by atoms with Crippen LogP contribution in [0, 0.1) is 12.8 Å². The van der Waals surface area contributed by atoms with Crippen LogP contribution in [0.15, 0.2) is 18.2 Å². The van der Waals surface area contributed by atoms with Gasteiger partial charge in [-0.25, -0.2) is 0 Å². The molecule has 2 amide bonds. The lowest BCUT2D eigenvalue weighted by Gasteiger charge is -2.18. The molecule has 1 N–H and O–H groups in total. The van der Waals surface area contributed by atoms with Crippen LogP contribution in [0.4, 0.5) is 0 Å². The monoisotopic (exact) mass is 280 g/mol. The van der Waals surface area contributed by atoms with Crippen LogP contribution in [-0.2, 0) is 4.79 Å². The maximum Gasteiger partial charge on any atom is 0.255 e. The third kappa shape index (κ3) is 2.73. The maximum absolute atomic E-state index is 12.5. The SMILES string of the molecule is CNC(=O)[C@@H]1CCN(C(=O)c2c(C)cccc2Cl)C1. The van der Waals surface area contributed by atoms with Gasteiger partial charge in [0.05, 0.1) is 16.5 Å². The van der Waals surface area contributed by atoms with E-state index in [1.807, 2.05) is 19.1 Å². The third-order valence-corrected chi connectivity index (χ3v) is 3.84. The molecule has 1 aliphatic rings. The van der Waals surface area contributed by atoms with Gasteiger partial charge in [-0.3, -0.25) is 9.59 Å². The van der Waals surface area contributed by atoms with Gasteiger partial charge in [0.2, 0.25) is 5.91 Å². The number of carbonyl (C=O) groups excluding carboxylic acids is 2. The fourth-order valence-electron chi connectivity index (χ4n) is 2.42. The van der Waals surface area contributed by atoms with Crippen molar-refractivity contribution in [1.82, 2.24) is 10.2 Å². The van der Waals surface area contributed by atoms with E-state index in [4.69, 9.17) is 11.6 Å². The largest absolute Gasteiger partial charge is 0.359 e. The van der Waals surface area contributed by atoms with E-state index in [-0.39, 0.29) is 17.7 Å². The zero-order valence-electron chi connectivity index (χ0n) is 11.1. The van der Waals surface area contributed by atoms with Crippen molar-refractivity contribution in [3.05, 3.63) is 34.3 Å². The second kappa shape index (κ2) is 5.61. The van der Waals surface area contributed by atoms with Crippen LogP contribution in [0.3, 0.4) is 0 Å². The lowest BCUT2D eigenvalue weighted by Crippen LogP contribution is -2.33. The Morgan fingerprint density at radius 3 is 2.79 bits per heavy atom. The summed E-state index contributed by atoms with van der Waals surface area (Å²) in [7, 11) is 1.62. The van der Waals surface area contributed by atoms with Crippen LogP contribution < -0.4 is 5.32 Å². The van der Waals surface area contributed by atoms with E-state index in [0.717, 1.165) is 5.56 Å². The van der Waals surface area contributed by atoms with Gasteiger partial charge < -0.3 is 10.2 Å². The number of halogens is 1. The van der Waals surface area contributed by atoms with E-state index in [1.54, 1.807) is 18.0 Å². The van der Waals surface area contributed by atoms with E-state index in [9.17, 15) is 9.59 Å². The molecular weight excluding hydrogens is 264 g/mol. The van der Waals surface area contributed by atoms with Crippen LogP contribution in [0.5, 0.6) is 0 Å². The number of nitrogens with one attached hydrogen (secondary N) is 1. The maximum atomic E-state index is 12.5. The molecule has 1 atom stereocenters. The molecule has 1 aromatic rings. The van der Waals surface area contributed by atoms with Gasteiger partial charge in [-0.1, -0.05) is 23.7 Å². The molecule has 19 heavy (non-hydrogen) atoms. The van der Waals surface area contributed by atoms with Crippen molar-refractivity contribution in [2.24, 2.45) is 5.92 Å². The number of hydrogen-bond acceptors (Lipinski definition) is 2. The number of benzene rings is 1. The molecule has 102 valence electrons. The molecular formula is C14H17ClN2O2. The van der Waals surface area contributed by atoms with E-state index in [0.29, 0.717) is 30.1 Å². The predicted molar refractivity (Wildman–Crippen MR) is 74.3 cm³/mol. The van der Waals surface area contributed by atoms with Crippen LogP contribution >= 0.6 is 11.6 Å². The molecule has 1 aromatic carbocycles. The Morgan fingerprint density at radius 2 is 2.16 bits per heavy atom. The predicted octanol–water partition coefficient (Wildman–Crippen LogP) is 1.86. The van der Waals surface area contributed by atoms with Gasteiger partial charge in [0.1, 0.15) is 0 Å². The van der Waals surface area contributed by atoms with Crippen molar-refractivity contribution >= 4 is 23.4 Å². The summed E-state index contributed by atoms with van der Waals surface area (Å²) in [5, 5.41) is 3.09. The molecule has 4 nitrogen and oxygen atoms in total.